The van der Waals surface area contributed by atoms with E-state index in [1.54, 1.807) is 14.2 Å². The van der Waals surface area contributed by atoms with E-state index in [1.807, 2.05) is 48.5 Å². The van der Waals surface area contributed by atoms with Crippen LogP contribution in [0.1, 0.15) is 43.7 Å². The highest BCUT2D eigenvalue weighted by atomic mass is 16.5. The summed E-state index contributed by atoms with van der Waals surface area (Å²) in [5.41, 5.74) is 5.68. The first-order valence-corrected chi connectivity index (χ1v) is 10.8. The number of hydrogen-bond acceptors (Lipinski definition) is 5. The number of H-pyrrole nitrogens is 1. The Morgan fingerprint density at radius 2 is 1.56 bits per heavy atom. The zero-order valence-corrected chi connectivity index (χ0v) is 18.8. The quantitative estimate of drug-likeness (QED) is 0.589. The van der Waals surface area contributed by atoms with E-state index in [0.717, 1.165) is 57.4 Å². The molecule has 0 radical (unpaired) electrons. The van der Waals surface area contributed by atoms with Crippen molar-refractivity contribution in [3.63, 3.8) is 0 Å². The molecule has 2 heterocycles. The van der Waals surface area contributed by atoms with E-state index >= 15 is 0 Å². The molecular weight excluding hydrogens is 402 g/mol. The third-order valence-corrected chi connectivity index (χ3v) is 6.40. The standard InChI is InChI=1S/C26H27N3O3/c1-26(2)13-19-22(20(30)14-26)21(15-5-9-17(31-3)10-6-15)23-24(28-29-25(23)27-19)16-7-11-18(32-4)12-8-16/h5-12,21H,13-14H2,1-4H3,(H2,27,28,29)/t21-/m1/s1. The van der Waals surface area contributed by atoms with Gasteiger partial charge in [-0.15, -0.1) is 0 Å². The molecule has 0 fully saturated rings. The third-order valence-electron chi connectivity index (χ3n) is 6.40. The molecule has 0 saturated heterocycles. The summed E-state index contributed by atoms with van der Waals surface area (Å²) in [5, 5.41) is 11.3. The Labute approximate surface area is 187 Å². The average molecular weight is 430 g/mol. The van der Waals surface area contributed by atoms with Crippen LogP contribution >= 0.6 is 0 Å². The first-order chi connectivity index (χ1) is 15.4. The van der Waals surface area contributed by atoms with Gasteiger partial charge in [-0.2, -0.15) is 5.10 Å². The van der Waals surface area contributed by atoms with Crippen LogP contribution in [0.15, 0.2) is 59.8 Å². The predicted octanol–water partition coefficient (Wildman–Crippen LogP) is 5.29. The zero-order chi connectivity index (χ0) is 22.5. The maximum absolute atomic E-state index is 13.4. The van der Waals surface area contributed by atoms with Gasteiger partial charge in [0, 0.05) is 34.7 Å². The van der Waals surface area contributed by atoms with Crippen molar-refractivity contribution in [2.45, 2.75) is 32.6 Å². The minimum atomic E-state index is -0.202. The van der Waals surface area contributed by atoms with Crippen LogP contribution in [0.25, 0.3) is 11.3 Å². The largest absolute Gasteiger partial charge is 0.497 e. The molecule has 2 aliphatic rings. The molecule has 32 heavy (non-hydrogen) atoms. The molecule has 6 nitrogen and oxygen atoms in total. The van der Waals surface area contributed by atoms with Crippen molar-refractivity contribution in [2.24, 2.45) is 5.41 Å². The van der Waals surface area contributed by atoms with Gasteiger partial charge in [-0.3, -0.25) is 9.89 Å². The number of hydrogen-bond donors (Lipinski definition) is 2. The van der Waals surface area contributed by atoms with Crippen molar-refractivity contribution >= 4 is 11.6 Å². The zero-order valence-electron chi connectivity index (χ0n) is 18.8. The summed E-state index contributed by atoms with van der Waals surface area (Å²) in [6.45, 7) is 4.28. The molecule has 0 spiro atoms. The fraction of sp³-hybridized carbons (Fsp3) is 0.308. The van der Waals surface area contributed by atoms with Gasteiger partial charge in [-0.25, -0.2) is 0 Å². The van der Waals surface area contributed by atoms with Crippen molar-refractivity contribution in [3.8, 4) is 22.8 Å². The summed E-state index contributed by atoms with van der Waals surface area (Å²) >= 11 is 0. The number of allylic oxidation sites excluding steroid dienone is 2. The van der Waals surface area contributed by atoms with Crippen LogP contribution in [0.3, 0.4) is 0 Å². The molecule has 0 bridgehead atoms. The number of ketones is 1. The summed E-state index contributed by atoms with van der Waals surface area (Å²) in [6.07, 6.45) is 1.34. The minimum Gasteiger partial charge on any atom is -0.497 e. The topological polar surface area (TPSA) is 76.2 Å². The number of carbonyl (C=O) groups is 1. The average Bonchev–Trinajstić information content (AvgIpc) is 3.20. The van der Waals surface area contributed by atoms with Crippen LogP contribution in [0.4, 0.5) is 5.82 Å². The lowest BCUT2D eigenvalue weighted by Crippen LogP contribution is -2.33. The van der Waals surface area contributed by atoms with Crippen LogP contribution in [0.5, 0.6) is 11.5 Å². The third kappa shape index (κ3) is 3.36. The van der Waals surface area contributed by atoms with E-state index in [0.29, 0.717) is 6.42 Å². The van der Waals surface area contributed by atoms with Gasteiger partial charge in [0.15, 0.2) is 11.6 Å². The van der Waals surface area contributed by atoms with E-state index in [4.69, 9.17) is 9.47 Å². The molecule has 1 aliphatic carbocycles. The van der Waals surface area contributed by atoms with Gasteiger partial charge in [-0.05, 0) is 53.8 Å². The number of nitrogens with zero attached hydrogens (tertiary/aromatic N) is 1. The number of anilines is 1. The molecule has 2 N–H and O–H groups in total. The number of benzene rings is 2. The fourth-order valence-corrected chi connectivity index (χ4v) is 4.90. The predicted molar refractivity (Wildman–Crippen MR) is 124 cm³/mol. The Bertz CT molecular complexity index is 1200. The number of methoxy groups -OCH3 is 2. The highest BCUT2D eigenvalue weighted by molar-refractivity contribution is 6.02. The van der Waals surface area contributed by atoms with Crippen LogP contribution in [-0.2, 0) is 4.79 Å². The highest BCUT2D eigenvalue weighted by Crippen LogP contribution is 2.51. The molecule has 3 aromatic rings. The lowest BCUT2D eigenvalue weighted by atomic mass is 9.69. The monoisotopic (exact) mass is 429 g/mol. The maximum atomic E-state index is 13.4. The van der Waals surface area contributed by atoms with Crippen LogP contribution in [0.2, 0.25) is 0 Å². The van der Waals surface area contributed by atoms with E-state index < -0.39 is 0 Å². The molecule has 0 amide bonds. The molecule has 2 aromatic carbocycles. The summed E-state index contributed by atoms with van der Waals surface area (Å²) in [7, 11) is 3.31. The molecule has 5 rings (SSSR count). The molecule has 1 aromatic heterocycles. The van der Waals surface area contributed by atoms with Gasteiger partial charge in [0.1, 0.15) is 11.5 Å². The summed E-state index contributed by atoms with van der Waals surface area (Å²) in [5.74, 6) is 2.35. The molecule has 0 saturated carbocycles. The molecule has 0 unspecified atom stereocenters. The fourth-order valence-electron chi connectivity index (χ4n) is 4.90. The van der Waals surface area contributed by atoms with Crippen LogP contribution in [-0.4, -0.2) is 30.2 Å². The Kier molecular flexibility index (Phi) is 4.81. The smallest absolute Gasteiger partial charge is 0.162 e. The number of aromatic amines is 1. The summed E-state index contributed by atoms with van der Waals surface area (Å²) in [4.78, 5) is 13.4. The van der Waals surface area contributed by atoms with Gasteiger partial charge >= 0.3 is 0 Å². The second kappa shape index (κ2) is 7.55. The Hall–Kier alpha value is -3.54. The highest BCUT2D eigenvalue weighted by Gasteiger charge is 2.42. The van der Waals surface area contributed by atoms with Crippen molar-refractivity contribution in [3.05, 3.63) is 70.9 Å². The molecular formula is C26H27N3O3. The second-order valence-electron chi connectivity index (χ2n) is 9.25. The van der Waals surface area contributed by atoms with Crippen molar-refractivity contribution in [2.75, 3.05) is 19.5 Å². The molecule has 1 atom stereocenters. The van der Waals surface area contributed by atoms with Gasteiger partial charge in [0.05, 0.1) is 19.9 Å². The maximum Gasteiger partial charge on any atom is 0.162 e. The van der Waals surface area contributed by atoms with Crippen LogP contribution in [0, 0.1) is 5.41 Å². The van der Waals surface area contributed by atoms with E-state index in [-0.39, 0.29) is 17.1 Å². The van der Waals surface area contributed by atoms with E-state index in [9.17, 15) is 4.79 Å². The van der Waals surface area contributed by atoms with Crippen molar-refractivity contribution in [1.29, 1.82) is 0 Å². The number of aromatic nitrogens is 2. The lowest BCUT2D eigenvalue weighted by Gasteiger charge is -2.38. The van der Waals surface area contributed by atoms with Crippen molar-refractivity contribution < 1.29 is 14.3 Å². The summed E-state index contributed by atoms with van der Waals surface area (Å²) < 4.78 is 10.7. The minimum absolute atomic E-state index is 0.0833. The normalized spacial score (nSPS) is 19.1. The van der Waals surface area contributed by atoms with Gasteiger partial charge in [0.2, 0.25) is 0 Å². The van der Waals surface area contributed by atoms with Crippen molar-refractivity contribution in [1.82, 2.24) is 10.2 Å². The molecule has 1 aliphatic heterocycles. The van der Waals surface area contributed by atoms with E-state index in [1.165, 1.54) is 0 Å². The van der Waals surface area contributed by atoms with Crippen LogP contribution < -0.4 is 14.8 Å². The number of fused-ring (bicyclic) bond motifs is 1. The number of carbonyl (C=O) groups excluding carboxylic acids is 1. The Morgan fingerprint density at radius 1 is 0.938 bits per heavy atom. The first-order valence-electron chi connectivity index (χ1n) is 10.8. The molecule has 164 valence electrons. The first kappa shape index (κ1) is 20.4. The second-order valence-corrected chi connectivity index (χ2v) is 9.25. The SMILES string of the molecule is COc1ccc(-c2[nH]nc3c2[C@H](c2ccc(OC)cc2)C2=C(CC(C)(C)CC2=O)N3)cc1. The summed E-state index contributed by atoms with van der Waals surface area (Å²) in [6, 6.07) is 15.9. The number of Topliss-reactive ketones (excluding diaryl/α,β-unsaturated/α-hetero) is 1. The number of ether oxygens (including phenoxy) is 2. The lowest BCUT2D eigenvalue weighted by molar-refractivity contribution is -0.118. The Balaban J connectivity index is 1.69. The van der Waals surface area contributed by atoms with Gasteiger partial charge in [0.25, 0.3) is 0 Å². The number of rotatable bonds is 4. The molecule has 6 heteroatoms. The van der Waals surface area contributed by atoms with Gasteiger partial charge in [-0.1, -0.05) is 26.0 Å². The van der Waals surface area contributed by atoms with Gasteiger partial charge < -0.3 is 14.8 Å². The number of nitrogens with one attached hydrogen (secondary N) is 2. The Morgan fingerprint density at radius 3 is 2.19 bits per heavy atom. The van der Waals surface area contributed by atoms with E-state index in [2.05, 4.69) is 29.4 Å².